The number of sulfonamides is 1. The summed E-state index contributed by atoms with van der Waals surface area (Å²) in [6.07, 6.45) is -2.71. The number of pyridine rings is 2. The number of halogens is 6. The van der Waals surface area contributed by atoms with E-state index in [2.05, 4.69) is 15.2 Å². The number of hydrogen-bond donors (Lipinski definition) is 1. The molecule has 18 heteroatoms. The predicted molar refractivity (Wildman–Crippen MR) is 154 cm³/mol. The minimum absolute atomic E-state index is 0.173. The van der Waals surface area contributed by atoms with Crippen LogP contribution < -0.4 is 4.74 Å². The maximum Gasteiger partial charge on any atom is 0.452 e. The highest BCUT2D eigenvalue weighted by atomic mass is 32.2. The van der Waals surface area contributed by atoms with Gasteiger partial charge in [-0.3, -0.25) is 4.40 Å². The third-order valence-electron chi connectivity index (χ3n) is 8.72. The van der Waals surface area contributed by atoms with Crippen molar-refractivity contribution in [2.75, 3.05) is 19.8 Å². The summed E-state index contributed by atoms with van der Waals surface area (Å²) in [5, 5.41) is 16.3. The zero-order valence-corrected chi connectivity index (χ0v) is 26.1. The molecular weight excluding hydrogens is 672 g/mol. The smallest absolute Gasteiger partial charge is 0.452 e. The minimum atomic E-state index is -4.91. The van der Waals surface area contributed by atoms with Crippen molar-refractivity contribution < 1.29 is 54.1 Å². The van der Waals surface area contributed by atoms with Gasteiger partial charge in [-0.1, -0.05) is 18.2 Å². The summed E-state index contributed by atoms with van der Waals surface area (Å²) in [4.78, 5) is 15.3. The van der Waals surface area contributed by atoms with E-state index in [1.54, 1.807) is 6.92 Å². The lowest BCUT2D eigenvalue weighted by molar-refractivity contribution is -0.166. The zero-order chi connectivity index (χ0) is 34.8. The third kappa shape index (κ3) is 5.74. The fraction of sp³-hybridized carbons (Fsp3) is 0.400. The molecule has 3 aromatic heterocycles. The molecule has 1 N–H and O–H groups in total. The average molecular weight is 700 g/mol. The Labute approximate surface area is 269 Å². The van der Waals surface area contributed by atoms with Gasteiger partial charge in [0.2, 0.25) is 21.7 Å². The fourth-order valence-electron chi connectivity index (χ4n) is 6.14. The Hall–Kier alpha value is -4.29. The predicted octanol–water partition coefficient (Wildman–Crippen LogP) is 4.88. The van der Waals surface area contributed by atoms with Crippen molar-refractivity contribution in [2.24, 2.45) is 0 Å². The molecule has 5 heterocycles. The molecule has 2 aliphatic heterocycles. The van der Waals surface area contributed by atoms with E-state index in [1.165, 1.54) is 25.1 Å². The SMILES string of the molecule is Cc1ccc([C@@H](c2ccn3c(C(F)(F)F)nnc3c2C)C(F)(F)C(=O)O)cc1CN1CC2(CCOCC2)Oc2ncc(F)cc2S1(=O)=O. The number of nitrogens with zero attached hydrogens (tertiary/aromatic N) is 5. The number of ether oxygens (including phenoxy) is 2. The lowest BCUT2D eigenvalue weighted by Crippen LogP contribution is -2.50. The van der Waals surface area contributed by atoms with Crippen molar-refractivity contribution in [1.29, 1.82) is 0 Å². The highest BCUT2D eigenvalue weighted by Crippen LogP contribution is 2.43. The number of rotatable bonds is 6. The number of aromatic nitrogens is 4. The minimum Gasteiger partial charge on any atom is -0.477 e. The van der Waals surface area contributed by atoms with Crippen LogP contribution in [0.4, 0.5) is 26.3 Å². The number of alkyl halides is 5. The van der Waals surface area contributed by atoms with Crippen molar-refractivity contribution >= 4 is 21.6 Å². The summed E-state index contributed by atoms with van der Waals surface area (Å²) in [5.74, 6) is -11.8. The molecule has 11 nitrogen and oxygen atoms in total. The van der Waals surface area contributed by atoms with Crippen LogP contribution >= 0.6 is 0 Å². The molecule has 1 spiro atoms. The van der Waals surface area contributed by atoms with Gasteiger partial charge in [-0.2, -0.15) is 26.3 Å². The van der Waals surface area contributed by atoms with Crippen LogP contribution in [0.15, 0.2) is 47.6 Å². The first-order valence-electron chi connectivity index (χ1n) is 14.5. The van der Waals surface area contributed by atoms with E-state index in [4.69, 9.17) is 9.47 Å². The lowest BCUT2D eigenvalue weighted by atomic mass is 9.83. The van der Waals surface area contributed by atoms with Gasteiger partial charge in [0.1, 0.15) is 16.3 Å². The molecule has 1 atom stereocenters. The van der Waals surface area contributed by atoms with Gasteiger partial charge in [0.05, 0.1) is 31.9 Å². The molecule has 1 aromatic carbocycles. The van der Waals surface area contributed by atoms with Crippen LogP contribution in [-0.2, 0) is 32.3 Å². The number of carboxylic acids is 1. The highest BCUT2D eigenvalue weighted by Gasteiger charge is 2.51. The van der Waals surface area contributed by atoms with E-state index in [9.17, 15) is 35.9 Å². The molecule has 1 saturated heterocycles. The summed E-state index contributed by atoms with van der Waals surface area (Å²) in [6.45, 7) is 2.67. The van der Waals surface area contributed by atoms with Crippen LogP contribution in [0.2, 0.25) is 0 Å². The van der Waals surface area contributed by atoms with Crippen LogP contribution in [0, 0.1) is 19.7 Å². The number of carboxylic acid groups (broad SMARTS) is 1. The Morgan fingerprint density at radius 3 is 2.46 bits per heavy atom. The average Bonchev–Trinajstić information content (AvgIpc) is 3.44. The molecule has 0 unspecified atom stereocenters. The quantitative estimate of drug-likeness (QED) is 0.279. The van der Waals surface area contributed by atoms with E-state index in [1.807, 2.05) is 0 Å². The molecule has 0 aliphatic carbocycles. The van der Waals surface area contributed by atoms with Crippen LogP contribution in [0.25, 0.3) is 5.65 Å². The summed E-state index contributed by atoms with van der Waals surface area (Å²) >= 11 is 0. The second-order valence-electron chi connectivity index (χ2n) is 11.8. The van der Waals surface area contributed by atoms with Gasteiger partial charge in [0, 0.05) is 31.6 Å². The zero-order valence-electron chi connectivity index (χ0n) is 25.3. The van der Waals surface area contributed by atoms with Crippen molar-refractivity contribution in [3.8, 4) is 5.88 Å². The van der Waals surface area contributed by atoms with Gasteiger partial charge < -0.3 is 14.6 Å². The Morgan fingerprint density at radius 1 is 1.08 bits per heavy atom. The largest absolute Gasteiger partial charge is 0.477 e. The number of aliphatic carboxylic acids is 1. The molecule has 256 valence electrons. The summed E-state index contributed by atoms with van der Waals surface area (Å²) in [7, 11) is -4.49. The first-order valence-corrected chi connectivity index (χ1v) is 15.9. The number of hydrogen-bond acceptors (Lipinski definition) is 8. The number of benzene rings is 1. The van der Waals surface area contributed by atoms with Crippen LogP contribution in [0.3, 0.4) is 0 Å². The van der Waals surface area contributed by atoms with E-state index >= 15 is 8.78 Å². The first-order chi connectivity index (χ1) is 22.4. The van der Waals surface area contributed by atoms with E-state index in [0.717, 1.165) is 28.8 Å². The summed E-state index contributed by atoms with van der Waals surface area (Å²) in [6, 6.07) is 5.61. The van der Waals surface area contributed by atoms with Crippen molar-refractivity contribution in [3.63, 3.8) is 0 Å². The lowest BCUT2D eigenvalue weighted by Gasteiger charge is -2.38. The van der Waals surface area contributed by atoms with Crippen molar-refractivity contribution in [3.05, 3.63) is 82.2 Å². The molecule has 2 aliphatic rings. The van der Waals surface area contributed by atoms with E-state index in [-0.39, 0.29) is 60.7 Å². The number of aryl methyl sites for hydroxylation is 2. The van der Waals surface area contributed by atoms with E-state index in [0.29, 0.717) is 9.96 Å². The van der Waals surface area contributed by atoms with Crippen LogP contribution in [0.1, 0.15) is 52.4 Å². The molecule has 4 aromatic rings. The molecule has 0 amide bonds. The Balaban J connectivity index is 1.47. The normalized spacial score (nSPS) is 18.7. The topological polar surface area (TPSA) is 136 Å². The monoisotopic (exact) mass is 699 g/mol. The van der Waals surface area contributed by atoms with Crippen LogP contribution in [0.5, 0.6) is 5.88 Å². The van der Waals surface area contributed by atoms with Gasteiger partial charge in [0.25, 0.3) is 0 Å². The first kappa shape index (κ1) is 33.6. The molecule has 0 saturated carbocycles. The molecular formula is C30H27F6N5O6S. The Kier molecular flexibility index (Phi) is 8.19. The van der Waals surface area contributed by atoms with Crippen molar-refractivity contribution in [1.82, 2.24) is 23.9 Å². The van der Waals surface area contributed by atoms with Gasteiger partial charge >= 0.3 is 18.1 Å². The van der Waals surface area contributed by atoms with E-state index < -0.39 is 68.3 Å². The molecule has 0 bridgehead atoms. The van der Waals surface area contributed by atoms with Gasteiger partial charge in [0.15, 0.2) is 5.65 Å². The third-order valence-corrected chi connectivity index (χ3v) is 10.5. The number of fused-ring (bicyclic) bond motifs is 2. The fourth-order valence-corrected chi connectivity index (χ4v) is 7.71. The molecule has 6 rings (SSSR count). The standard InChI is InChI=1S/C30H27F6N5O6S/c1-16-3-4-18(23(29(32,33)27(42)43)21-5-8-41-24(17(21)2)38-39-26(41)30(34,35)36)11-19(16)14-40-15-28(6-9-46-10-7-28)47-25-22(48(40,44)45)12-20(31)13-37-25/h3-5,8,11-13,23H,6-7,9-10,14-15H2,1-2H3,(H,42,43)/t23-/m0/s1. The van der Waals surface area contributed by atoms with Gasteiger partial charge in [-0.05, 0) is 47.7 Å². The van der Waals surface area contributed by atoms with Gasteiger partial charge in [-0.25, -0.2) is 22.6 Å². The Bertz CT molecular complexity index is 2030. The summed E-state index contributed by atoms with van der Waals surface area (Å²) < 4.78 is 127. The highest BCUT2D eigenvalue weighted by molar-refractivity contribution is 7.89. The second-order valence-corrected chi connectivity index (χ2v) is 13.7. The maximum absolute atomic E-state index is 15.7. The second kappa shape index (κ2) is 11.7. The van der Waals surface area contributed by atoms with Crippen molar-refractivity contribution in [2.45, 2.75) is 61.7 Å². The molecule has 48 heavy (non-hydrogen) atoms. The Morgan fingerprint density at radius 2 is 1.79 bits per heavy atom. The number of carbonyl (C=O) groups is 1. The van der Waals surface area contributed by atoms with Gasteiger partial charge in [-0.15, -0.1) is 10.2 Å². The maximum atomic E-state index is 15.7. The van der Waals surface area contributed by atoms with Crippen LogP contribution in [-0.4, -0.2) is 74.7 Å². The summed E-state index contributed by atoms with van der Waals surface area (Å²) in [5.41, 5.74) is -1.62. The molecule has 1 fully saturated rings. The molecule has 0 radical (unpaired) electrons.